The molecule has 1 aliphatic carbocycles. The van der Waals surface area contributed by atoms with Crippen molar-refractivity contribution in [3.05, 3.63) is 64.7 Å². The second-order valence-electron chi connectivity index (χ2n) is 11.5. The van der Waals surface area contributed by atoms with Gasteiger partial charge in [-0.1, -0.05) is 44.2 Å². The van der Waals surface area contributed by atoms with Gasteiger partial charge in [0, 0.05) is 38.3 Å². The van der Waals surface area contributed by atoms with E-state index in [-0.39, 0.29) is 11.8 Å². The lowest BCUT2D eigenvalue weighted by Crippen LogP contribution is -2.63. The van der Waals surface area contributed by atoms with Crippen molar-refractivity contribution in [2.75, 3.05) is 39.8 Å². The first kappa shape index (κ1) is 26.5. The van der Waals surface area contributed by atoms with Crippen molar-refractivity contribution in [1.82, 2.24) is 15.1 Å². The number of hydrogen-bond acceptors (Lipinski definition) is 4. The van der Waals surface area contributed by atoms with E-state index in [4.69, 9.17) is 4.74 Å². The van der Waals surface area contributed by atoms with Gasteiger partial charge in [-0.25, -0.2) is 0 Å². The van der Waals surface area contributed by atoms with Crippen molar-refractivity contribution >= 4 is 0 Å². The van der Waals surface area contributed by atoms with Crippen LogP contribution < -0.4 is 10.1 Å². The zero-order valence-corrected chi connectivity index (χ0v) is 22.3. The largest absolute Gasteiger partial charge is 0.496 e. The third-order valence-electron chi connectivity index (χ3n) is 9.08. The fraction of sp³-hybridized carbons (Fsp3) is 0.600. The van der Waals surface area contributed by atoms with Crippen molar-refractivity contribution in [3.63, 3.8) is 0 Å². The number of halogens is 3. The van der Waals surface area contributed by atoms with Crippen LogP contribution in [0.5, 0.6) is 5.75 Å². The summed E-state index contributed by atoms with van der Waals surface area (Å²) in [5.41, 5.74) is 3.37. The summed E-state index contributed by atoms with van der Waals surface area (Å²) >= 11 is 0. The van der Waals surface area contributed by atoms with Crippen LogP contribution >= 0.6 is 0 Å². The van der Waals surface area contributed by atoms with Crippen molar-refractivity contribution in [2.45, 2.75) is 70.3 Å². The van der Waals surface area contributed by atoms with Crippen LogP contribution in [0.4, 0.5) is 13.2 Å². The molecule has 202 valence electrons. The molecule has 3 fully saturated rings. The number of rotatable bonds is 6. The average Bonchev–Trinajstić information content (AvgIpc) is 2.88. The highest BCUT2D eigenvalue weighted by Gasteiger charge is 2.51. The van der Waals surface area contributed by atoms with Crippen LogP contribution in [0.15, 0.2) is 42.5 Å². The second-order valence-corrected chi connectivity index (χ2v) is 11.5. The highest BCUT2D eigenvalue weighted by atomic mass is 19.4. The Morgan fingerprint density at radius 2 is 1.81 bits per heavy atom. The molecule has 5 rings (SSSR count). The van der Waals surface area contributed by atoms with Crippen molar-refractivity contribution in [1.29, 1.82) is 0 Å². The Hall–Kier alpha value is -2.09. The van der Waals surface area contributed by atoms with Crippen LogP contribution in [-0.4, -0.2) is 55.7 Å². The number of benzene rings is 2. The predicted octanol–water partition coefficient (Wildman–Crippen LogP) is 6.23. The fourth-order valence-electron chi connectivity index (χ4n) is 7.02. The van der Waals surface area contributed by atoms with Crippen LogP contribution in [0.2, 0.25) is 0 Å². The third-order valence-corrected chi connectivity index (χ3v) is 9.08. The Kier molecular flexibility index (Phi) is 7.58. The van der Waals surface area contributed by atoms with Gasteiger partial charge in [-0.2, -0.15) is 13.2 Å². The minimum Gasteiger partial charge on any atom is -0.496 e. The van der Waals surface area contributed by atoms with Gasteiger partial charge in [0.1, 0.15) is 5.75 Å². The van der Waals surface area contributed by atoms with Gasteiger partial charge >= 0.3 is 6.18 Å². The van der Waals surface area contributed by atoms with Crippen molar-refractivity contribution < 1.29 is 17.9 Å². The number of alkyl halides is 3. The number of piperidine rings is 1. The molecule has 2 aliphatic heterocycles. The van der Waals surface area contributed by atoms with Gasteiger partial charge in [0.15, 0.2) is 0 Å². The van der Waals surface area contributed by atoms with Crippen LogP contribution in [-0.2, 0) is 12.7 Å². The lowest BCUT2D eigenvalue weighted by atomic mass is 9.58. The summed E-state index contributed by atoms with van der Waals surface area (Å²) in [6.45, 7) is 10.1. The predicted molar refractivity (Wildman–Crippen MR) is 141 cm³/mol. The summed E-state index contributed by atoms with van der Waals surface area (Å²) in [4.78, 5) is 5.20. The van der Waals surface area contributed by atoms with E-state index in [2.05, 4.69) is 53.2 Å². The molecule has 4 nitrogen and oxygen atoms in total. The monoisotopic (exact) mass is 515 g/mol. The summed E-state index contributed by atoms with van der Waals surface area (Å²) in [5, 5.41) is 3.55. The van der Waals surface area contributed by atoms with Crippen molar-refractivity contribution in [2.24, 2.45) is 5.41 Å². The molecule has 37 heavy (non-hydrogen) atoms. The number of piperazine rings is 1. The standard InChI is InChI=1S/C30H40F3N3O/c1-21(2)23-6-4-5-7-24(23)26-20-35(19-22-8-9-25(30(31,32)33)27(18-22)37-3)16-17-36(26)28-10-11-29(28)12-14-34-15-13-29/h4-9,18,21,26,28,34H,10-17,19-20H2,1-3H3. The Balaban J connectivity index is 1.41. The SMILES string of the molecule is COc1cc(CN2CCN(C3CCC34CCNCC4)C(c3ccccc3C(C)C)C2)ccc1C(F)(F)F. The zero-order valence-electron chi connectivity index (χ0n) is 22.3. The van der Waals surface area contributed by atoms with E-state index >= 15 is 0 Å². The van der Waals surface area contributed by atoms with Gasteiger partial charge in [-0.05, 0) is 78.9 Å². The lowest BCUT2D eigenvalue weighted by molar-refractivity contribution is -0.138. The quantitative estimate of drug-likeness (QED) is 0.494. The minimum absolute atomic E-state index is 0.104. The van der Waals surface area contributed by atoms with E-state index in [0.29, 0.717) is 23.9 Å². The Morgan fingerprint density at radius 3 is 2.46 bits per heavy atom. The Labute approximate surface area is 219 Å². The summed E-state index contributed by atoms with van der Waals surface area (Å²) in [5.74, 6) is 0.328. The van der Waals surface area contributed by atoms with Crippen LogP contribution in [0, 0.1) is 5.41 Å². The maximum atomic E-state index is 13.4. The first-order valence-corrected chi connectivity index (χ1v) is 13.7. The van der Waals surface area contributed by atoms with E-state index in [1.807, 2.05) is 0 Å². The van der Waals surface area contributed by atoms with Gasteiger partial charge in [-0.3, -0.25) is 9.80 Å². The molecule has 2 atom stereocenters. The summed E-state index contributed by atoms with van der Waals surface area (Å²) in [6, 6.07) is 14.0. The molecule has 0 amide bonds. The minimum atomic E-state index is -4.42. The molecule has 2 aromatic rings. The van der Waals surface area contributed by atoms with Crippen LogP contribution in [0.1, 0.15) is 73.7 Å². The molecule has 2 heterocycles. The number of nitrogens with one attached hydrogen (secondary N) is 1. The maximum absolute atomic E-state index is 13.4. The topological polar surface area (TPSA) is 27.7 Å². The molecule has 0 radical (unpaired) electrons. The van der Waals surface area contributed by atoms with Gasteiger partial charge < -0.3 is 10.1 Å². The molecule has 2 unspecified atom stereocenters. The molecule has 1 N–H and O–H groups in total. The lowest BCUT2D eigenvalue weighted by Gasteiger charge is -2.60. The van der Waals surface area contributed by atoms with Gasteiger partial charge in [0.2, 0.25) is 0 Å². The maximum Gasteiger partial charge on any atom is 0.419 e. The smallest absolute Gasteiger partial charge is 0.419 e. The Morgan fingerprint density at radius 1 is 1.05 bits per heavy atom. The molecule has 2 aromatic carbocycles. The fourth-order valence-corrected chi connectivity index (χ4v) is 7.02. The molecular formula is C30H40F3N3O. The van der Waals surface area contributed by atoms with Crippen LogP contribution in [0.3, 0.4) is 0 Å². The van der Waals surface area contributed by atoms with E-state index in [1.54, 1.807) is 12.1 Å². The first-order valence-electron chi connectivity index (χ1n) is 13.7. The number of nitrogens with zero attached hydrogens (tertiary/aromatic N) is 2. The molecule has 7 heteroatoms. The number of methoxy groups -OCH3 is 1. The van der Waals surface area contributed by atoms with E-state index in [0.717, 1.165) is 44.4 Å². The normalized spacial score (nSPS) is 24.8. The highest BCUT2D eigenvalue weighted by molar-refractivity contribution is 5.40. The molecule has 0 bridgehead atoms. The zero-order chi connectivity index (χ0) is 26.2. The molecular weight excluding hydrogens is 475 g/mol. The Bertz CT molecular complexity index is 1080. The third kappa shape index (κ3) is 5.27. The molecule has 1 saturated carbocycles. The van der Waals surface area contributed by atoms with Crippen molar-refractivity contribution in [3.8, 4) is 5.75 Å². The second kappa shape index (κ2) is 10.6. The van der Waals surface area contributed by atoms with Crippen LogP contribution in [0.25, 0.3) is 0 Å². The first-order chi connectivity index (χ1) is 17.7. The molecule has 1 spiro atoms. The van der Waals surface area contributed by atoms with E-state index < -0.39 is 11.7 Å². The average molecular weight is 516 g/mol. The van der Waals surface area contributed by atoms with E-state index in [1.165, 1.54) is 43.9 Å². The van der Waals surface area contributed by atoms with Gasteiger partial charge in [0.05, 0.1) is 12.7 Å². The molecule has 3 aliphatic rings. The molecule has 0 aromatic heterocycles. The highest BCUT2D eigenvalue weighted by Crippen LogP contribution is 2.53. The molecule has 2 saturated heterocycles. The van der Waals surface area contributed by atoms with E-state index in [9.17, 15) is 13.2 Å². The summed E-state index contributed by atoms with van der Waals surface area (Å²) in [7, 11) is 1.31. The van der Waals surface area contributed by atoms with Gasteiger partial charge in [0.25, 0.3) is 0 Å². The summed E-state index contributed by atoms with van der Waals surface area (Å²) in [6.07, 6.45) is 0.665. The number of ether oxygens (including phenoxy) is 1. The number of hydrogen-bond donors (Lipinski definition) is 1. The van der Waals surface area contributed by atoms with Gasteiger partial charge in [-0.15, -0.1) is 0 Å². The summed E-state index contributed by atoms with van der Waals surface area (Å²) < 4.78 is 45.2.